The van der Waals surface area contributed by atoms with Gasteiger partial charge in [-0.1, -0.05) is 11.6 Å². The Morgan fingerprint density at radius 1 is 1.26 bits per heavy atom. The number of carbonyl (C=O) groups is 1. The van der Waals surface area contributed by atoms with Crippen molar-refractivity contribution in [2.45, 2.75) is 38.0 Å². The minimum absolute atomic E-state index is 0.0242. The molecule has 0 radical (unpaired) electrons. The van der Waals surface area contributed by atoms with Crippen LogP contribution in [0, 0.1) is 0 Å². The molecule has 1 heterocycles. The molecule has 4 nitrogen and oxygen atoms in total. The Hall–Kier alpha value is -1.52. The molecule has 0 unspecified atom stereocenters. The van der Waals surface area contributed by atoms with Crippen LogP contribution in [0.3, 0.4) is 0 Å². The highest BCUT2D eigenvalue weighted by molar-refractivity contribution is 6.31. The number of halogens is 8. The van der Waals surface area contributed by atoms with Crippen molar-refractivity contribution in [3.63, 3.8) is 0 Å². The first kappa shape index (κ1) is 19.5. The zero-order valence-electron chi connectivity index (χ0n) is 11.8. The van der Waals surface area contributed by atoms with Gasteiger partial charge in [0.2, 0.25) is 0 Å². The zero-order chi connectivity index (χ0) is 18.2. The lowest BCUT2D eigenvalue weighted by molar-refractivity contribution is -0.345. The molecule has 0 aromatic carbocycles. The average molecular weight is 370 g/mol. The van der Waals surface area contributed by atoms with E-state index in [1.165, 1.54) is 4.68 Å². The highest BCUT2D eigenvalue weighted by atomic mass is 35.5. The first-order chi connectivity index (χ1) is 10.3. The van der Waals surface area contributed by atoms with Crippen molar-refractivity contribution in [3.8, 4) is 0 Å². The van der Waals surface area contributed by atoms with Crippen LogP contribution in [-0.2, 0) is 17.9 Å². The van der Waals surface area contributed by atoms with Gasteiger partial charge in [0.25, 0.3) is 5.91 Å². The fourth-order valence-electron chi connectivity index (χ4n) is 1.67. The molecule has 132 valence electrons. The van der Waals surface area contributed by atoms with E-state index in [0.29, 0.717) is 7.05 Å². The molecule has 0 saturated carbocycles. The van der Waals surface area contributed by atoms with Crippen molar-refractivity contribution in [1.82, 2.24) is 14.7 Å². The zero-order valence-corrected chi connectivity index (χ0v) is 12.5. The van der Waals surface area contributed by atoms with Crippen LogP contribution in [0.5, 0.6) is 0 Å². The van der Waals surface area contributed by atoms with Crippen molar-refractivity contribution >= 4 is 17.5 Å². The van der Waals surface area contributed by atoms with E-state index in [-0.39, 0.29) is 22.2 Å². The van der Waals surface area contributed by atoms with Crippen molar-refractivity contribution in [2.24, 2.45) is 0 Å². The van der Waals surface area contributed by atoms with Gasteiger partial charge in [-0.25, -0.2) is 0 Å². The minimum atomic E-state index is -6.57. The molecule has 0 spiro atoms. The Labute approximate surface area is 130 Å². The van der Waals surface area contributed by atoms with E-state index in [2.05, 4.69) is 5.10 Å². The molecule has 0 aliphatic carbocycles. The Morgan fingerprint density at radius 2 is 1.78 bits per heavy atom. The predicted octanol–water partition coefficient (Wildman–Crippen LogP) is 3.35. The fraction of sp³-hybridized carbons (Fsp3) is 0.636. The Balaban J connectivity index is 3.06. The van der Waals surface area contributed by atoms with Gasteiger partial charge >= 0.3 is 18.0 Å². The number of hydrogen-bond acceptors (Lipinski definition) is 2. The summed E-state index contributed by atoms with van der Waals surface area (Å²) >= 11 is 5.71. The summed E-state index contributed by atoms with van der Waals surface area (Å²) in [5, 5.41) is 3.68. The summed E-state index contributed by atoms with van der Waals surface area (Å²) < 4.78 is 89.8. The molecule has 1 aromatic heterocycles. The van der Waals surface area contributed by atoms with Gasteiger partial charge in [-0.2, -0.15) is 35.8 Å². The molecule has 1 rings (SSSR count). The van der Waals surface area contributed by atoms with Crippen molar-refractivity contribution in [3.05, 3.63) is 16.9 Å². The molecular formula is C11H11ClF7N3O. The number of aryl methyl sites for hydroxylation is 1. The van der Waals surface area contributed by atoms with Crippen LogP contribution in [0.2, 0.25) is 5.02 Å². The summed E-state index contributed by atoms with van der Waals surface area (Å²) in [6.45, 7) is 1.11. The maximum absolute atomic E-state index is 13.3. The summed E-state index contributed by atoms with van der Waals surface area (Å²) in [6.07, 6.45) is -5.45. The summed E-state index contributed by atoms with van der Waals surface area (Å²) in [5.41, 5.74) is 0.0242. The summed E-state index contributed by atoms with van der Waals surface area (Å²) in [4.78, 5) is 11.5. The van der Waals surface area contributed by atoms with E-state index >= 15 is 0 Å². The monoisotopic (exact) mass is 369 g/mol. The molecule has 12 heteroatoms. The SMILES string of the molecule is CCn1ncc(Cl)c1CN(C)C(=O)C(F)(F)C(F)(F)C(F)(F)F. The van der Waals surface area contributed by atoms with Crippen LogP contribution in [-0.4, -0.2) is 45.7 Å². The van der Waals surface area contributed by atoms with E-state index in [0.717, 1.165) is 6.20 Å². The molecule has 0 N–H and O–H groups in total. The predicted molar refractivity (Wildman–Crippen MR) is 65.3 cm³/mol. The maximum Gasteiger partial charge on any atom is 0.460 e. The van der Waals surface area contributed by atoms with E-state index in [1.807, 2.05) is 0 Å². The number of amides is 1. The summed E-state index contributed by atoms with van der Waals surface area (Å²) in [5.74, 6) is -15.1. The van der Waals surface area contributed by atoms with Crippen molar-refractivity contribution < 1.29 is 35.5 Å². The largest absolute Gasteiger partial charge is 0.460 e. The van der Waals surface area contributed by atoms with Crippen LogP contribution in [0.4, 0.5) is 30.7 Å². The van der Waals surface area contributed by atoms with Gasteiger partial charge in [0.15, 0.2) is 0 Å². The van der Waals surface area contributed by atoms with Gasteiger partial charge in [-0.3, -0.25) is 9.48 Å². The van der Waals surface area contributed by atoms with Gasteiger partial charge in [0, 0.05) is 13.6 Å². The molecule has 1 amide bonds. The van der Waals surface area contributed by atoms with E-state index in [9.17, 15) is 35.5 Å². The molecule has 0 fully saturated rings. The molecule has 0 aliphatic heterocycles. The molecule has 0 aliphatic rings. The van der Waals surface area contributed by atoms with Gasteiger partial charge in [0.05, 0.1) is 23.5 Å². The van der Waals surface area contributed by atoms with E-state index in [4.69, 9.17) is 11.6 Å². The summed E-state index contributed by atoms with van der Waals surface area (Å²) in [7, 11) is 0.659. The van der Waals surface area contributed by atoms with Crippen molar-refractivity contribution in [1.29, 1.82) is 0 Å². The van der Waals surface area contributed by atoms with Gasteiger partial charge in [0.1, 0.15) is 0 Å². The number of carbonyl (C=O) groups excluding carboxylic acids is 1. The Bertz CT molecular complexity index is 585. The van der Waals surface area contributed by atoms with Gasteiger partial charge in [-0.05, 0) is 6.92 Å². The standard InChI is InChI=1S/C11H11ClF7N3O/c1-3-22-7(6(12)4-20-22)5-21(2)8(23)9(13,14)10(15,16)11(17,18)19/h4H,3,5H2,1-2H3. The third kappa shape index (κ3) is 3.38. The number of alkyl halides is 7. The van der Waals surface area contributed by atoms with Crippen LogP contribution in [0.1, 0.15) is 12.6 Å². The number of hydrogen-bond donors (Lipinski definition) is 0. The first-order valence-electron chi connectivity index (χ1n) is 6.05. The van der Waals surface area contributed by atoms with Gasteiger partial charge in [-0.15, -0.1) is 0 Å². The molecule has 1 aromatic rings. The Morgan fingerprint density at radius 3 is 2.22 bits per heavy atom. The molecule has 0 atom stereocenters. The van der Waals surface area contributed by atoms with Gasteiger partial charge < -0.3 is 4.90 Å². The second-order valence-electron chi connectivity index (χ2n) is 4.56. The first-order valence-corrected chi connectivity index (χ1v) is 6.43. The quantitative estimate of drug-likeness (QED) is 0.747. The molecular weight excluding hydrogens is 359 g/mol. The average Bonchev–Trinajstić information content (AvgIpc) is 2.77. The molecule has 0 saturated heterocycles. The Kier molecular flexibility index (Phi) is 5.24. The lowest BCUT2D eigenvalue weighted by atomic mass is 10.1. The topological polar surface area (TPSA) is 38.1 Å². The second-order valence-corrected chi connectivity index (χ2v) is 4.97. The smallest absolute Gasteiger partial charge is 0.334 e. The number of rotatable bonds is 5. The molecule has 0 bridgehead atoms. The highest BCUT2D eigenvalue weighted by Crippen LogP contribution is 2.47. The minimum Gasteiger partial charge on any atom is -0.334 e. The third-order valence-corrected chi connectivity index (χ3v) is 3.27. The highest BCUT2D eigenvalue weighted by Gasteiger charge is 2.76. The second kappa shape index (κ2) is 6.17. The van der Waals surface area contributed by atoms with Crippen molar-refractivity contribution in [2.75, 3.05) is 7.05 Å². The lowest BCUT2D eigenvalue weighted by Gasteiger charge is -2.30. The maximum atomic E-state index is 13.3. The van der Waals surface area contributed by atoms with E-state index in [1.54, 1.807) is 6.92 Å². The third-order valence-electron chi connectivity index (χ3n) is 2.95. The van der Waals surface area contributed by atoms with Crippen LogP contribution in [0.25, 0.3) is 0 Å². The normalized spacial score (nSPS) is 13.3. The molecule has 23 heavy (non-hydrogen) atoms. The van der Waals surface area contributed by atoms with Crippen LogP contribution < -0.4 is 0 Å². The van der Waals surface area contributed by atoms with E-state index < -0.39 is 30.5 Å². The number of aromatic nitrogens is 2. The van der Waals surface area contributed by atoms with Crippen LogP contribution in [0.15, 0.2) is 6.20 Å². The number of nitrogens with zero attached hydrogens (tertiary/aromatic N) is 3. The summed E-state index contributed by atoms with van der Waals surface area (Å²) in [6, 6.07) is 0. The fourth-order valence-corrected chi connectivity index (χ4v) is 1.87. The van der Waals surface area contributed by atoms with Crippen LogP contribution >= 0.6 is 11.6 Å². The lowest BCUT2D eigenvalue weighted by Crippen LogP contribution is -2.59.